The number of benzene rings is 1. The van der Waals surface area contributed by atoms with Gasteiger partial charge < -0.3 is 15.2 Å². The van der Waals surface area contributed by atoms with E-state index in [1.807, 2.05) is 4.90 Å². The Kier molecular flexibility index (Phi) is 5.01. The summed E-state index contributed by atoms with van der Waals surface area (Å²) < 4.78 is 5.46. The molecule has 1 heterocycles. The first-order chi connectivity index (χ1) is 9.13. The number of carbonyl (C=O) groups excluding carboxylic acids is 1. The second-order valence-electron chi connectivity index (χ2n) is 4.50. The summed E-state index contributed by atoms with van der Waals surface area (Å²) in [6.45, 7) is 2.34. The topological polar surface area (TPSA) is 61.8 Å². The van der Waals surface area contributed by atoms with E-state index in [-0.39, 0.29) is 12.5 Å². The van der Waals surface area contributed by atoms with E-state index < -0.39 is 6.10 Å². The Bertz CT molecular complexity index is 424. The first-order valence-electron chi connectivity index (χ1n) is 6.19. The number of rotatable bonds is 5. The van der Waals surface area contributed by atoms with Crippen LogP contribution in [0, 0.1) is 0 Å². The van der Waals surface area contributed by atoms with Crippen molar-refractivity contribution in [2.45, 2.75) is 6.10 Å². The number of aliphatic hydroxyl groups excluding tert-OH is 1. The van der Waals surface area contributed by atoms with Gasteiger partial charge in [0.25, 0.3) is 0 Å². The third-order valence-electron chi connectivity index (χ3n) is 2.84. The molecular formula is C13H17ClN2O3. The Labute approximate surface area is 117 Å². The Hall–Kier alpha value is -1.30. The molecule has 0 saturated carbocycles. The molecule has 0 aliphatic carbocycles. The second kappa shape index (κ2) is 6.75. The number of halogens is 1. The van der Waals surface area contributed by atoms with Crippen LogP contribution in [0.5, 0.6) is 5.75 Å². The lowest BCUT2D eigenvalue weighted by Gasteiger charge is -2.28. The van der Waals surface area contributed by atoms with Gasteiger partial charge in [0, 0.05) is 24.7 Å². The molecule has 0 bridgehead atoms. The van der Waals surface area contributed by atoms with Gasteiger partial charge in [0.05, 0.1) is 6.54 Å². The van der Waals surface area contributed by atoms with Crippen molar-refractivity contribution < 1.29 is 14.6 Å². The highest BCUT2D eigenvalue weighted by molar-refractivity contribution is 6.30. The number of hydrogen-bond donors (Lipinski definition) is 2. The number of piperazine rings is 1. The zero-order valence-corrected chi connectivity index (χ0v) is 11.3. The molecule has 6 heteroatoms. The van der Waals surface area contributed by atoms with E-state index in [4.69, 9.17) is 16.3 Å². The maximum Gasteiger partial charge on any atom is 0.234 e. The van der Waals surface area contributed by atoms with Crippen molar-refractivity contribution in [3.8, 4) is 5.75 Å². The molecule has 0 radical (unpaired) electrons. The number of amides is 1. The molecule has 1 aromatic carbocycles. The molecular weight excluding hydrogens is 268 g/mol. The SMILES string of the molecule is O=C1CN(C[C@H](O)COc2ccc(Cl)cc2)CCN1. The molecule has 1 fully saturated rings. The van der Waals surface area contributed by atoms with E-state index in [1.165, 1.54) is 0 Å². The summed E-state index contributed by atoms with van der Waals surface area (Å²) in [6.07, 6.45) is -0.624. The number of aliphatic hydroxyl groups is 1. The maximum atomic E-state index is 11.2. The Morgan fingerprint density at radius 1 is 1.42 bits per heavy atom. The summed E-state index contributed by atoms with van der Waals surface area (Å²) in [5, 5.41) is 13.3. The van der Waals surface area contributed by atoms with Gasteiger partial charge in [-0.05, 0) is 24.3 Å². The van der Waals surface area contributed by atoms with Crippen LogP contribution in [0.2, 0.25) is 5.02 Å². The van der Waals surface area contributed by atoms with Crippen LogP contribution >= 0.6 is 11.6 Å². The average Bonchev–Trinajstić information content (AvgIpc) is 2.38. The molecule has 1 atom stereocenters. The van der Waals surface area contributed by atoms with Gasteiger partial charge in [-0.25, -0.2) is 0 Å². The van der Waals surface area contributed by atoms with E-state index in [2.05, 4.69) is 5.32 Å². The lowest BCUT2D eigenvalue weighted by Crippen LogP contribution is -2.50. The van der Waals surface area contributed by atoms with Crippen LogP contribution in [0.15, 0.2) is 24.3 Å². The molecule has 1 amide bonds. The fraction of sp³-hybridized carbons (Fsp3) is 0.462. The van der Waals surface area contributed by atoms with Gasteiger partial charge in [-0.1, -0.05) is 11.6 Å². The first-order valence-corrected chi connectivity index (χ1v) is 6.57. The zero-order valence-electron chi connectivity index (χ0n) is 10.5. The normalized spacial score (nSPS) is 17.9. The highest BCUT2D eigenvalue weighted by Crippen LogP contribution is 2.15. The van der Waals surface area contributed by atoms with E-state index in [9.17, 15) is 9.90 Å². The summed E-state index contributed by atoms with van der Waals surface area (Å²) in [7, 11) is 0. The lowest BCUT2D eigenvalue weighted by atomic mass is 10.3. The van der Waals surface area contributed by atoms with Crippen LogP contribution in [-0.4, -0.2) is 54.8 Å². The summed E-state index contributed by atoms with van der Waals surface area (Å²) in [5.41, 5.74) is 0. The fourth-order valence-electron chi connectivity index (χ4n) is 1.92. The van der Waals surface area contributed by atoms with Gasteiger partial charge in [0.2, 0.25) is 5.91 Å². The van der Waals surface area contributed by atoms with Crippen LogP contribution in [0.3, 0.4) is 0 Å². The molecule has 19 heavy (non-hydrogen) atoms. The van der Waals surface area contributed by atoms with Crippen molar-refractivity contribution in [2.75, 3.05) is 32.8 Å². The van der Waals surface area contributed by atoms with E-state index in [0.29, 0.717) is 30.4 Å². The number of carbonyl (C=O) groups is 1. The molecule has 1 aliphatic rings. The highest BCUT2D eigenvalue weighted by Gasteiger charge is 2.19. The summed E-state index contributed by atoms with van der Waals surface area (Å²) in [6, 6.07) is 6.98. The molecule has 1 aliphatic heterocycles. The largest absolute Gasteiger partial charge is 0.491 e. The Morgan fingerprint density at radius 3 is 2.84 bits per heavy atom. The number of hydrogen-bond acceptors (Lipinski definition) is 4. The Morgan fingerprint density at radius 2 is 2.16 bits per heavy atom. The van der Waals surface area contributed by atoms with Gasteiger partial charge in [-0.2, -0.15) is 0 Å². The van der Waals surface area contributed by atoms with Gasteiger partial charge >= 0.3 is 0 Å². The minimum absolute atomic E-state index is 0.00271. The van der Waals surface area contributed by atoms with Crippen molar-refractivity contribution in [2.24, 2.45) is 0 Å². The number of ether oxygens (including phenoxy) is 1. The van der Waals surface area contributed by atoms with Crippen LogP contribution in [0.4, 0.5) is 0 Å². The average molecular weight is 285 g/mol. The number of nitrogens with one attached hydrogen (secondary N) is 1. The van der Waals surface area contributed by atoms with Crippen molar-refractivity contribution in [1.29, 1.82) is 0 Å². The fourth-order valence-corrected chi connectivity index (χ4v) is 2.05. The van der Waals surface area contributed by atoms with Gasteiger partial charge in [-0.15, -0.1) is 0 Å². The molecule has 0 aromatic heterocycles. The van der Waals surface area contributed by atoms with Gasteiger partial charge in [0.1, 0.15) is 18.5 Å². The highest BCUT2D eigenvalue weighted by atomic mass is 35.5. The molecule has 104 valence electrons. The molecule has 2 N–H and O–H groups in total. The third kappa shape index (κ3) is 4.70. The van der Waals surface area contributed by atoms with Crippen molar-refractivity contribution in [3.05, 3.63) is 29.3 Å². The zero-order chi connectivity index (χ0) is 13.7. The molecule has 5 nitrogen and oxygen atoms in total. The van der Waals surface area contributed by atoms with E-state index >= 15 is 0 Å². The molecule has 2 rings (SSSR count). The number of nitrogens with zero attached hydrogens (tertiary/aromatic N) is 1. The Balaban J connectivity index is 1.73. The minimum atomic E-state index is -0.624. The molecule has 1 saturated heterocycles. The predicted molar refractivity (Wildman–Crippen MR) is 72.4 cm³/mol. The number of β-amino-alcohol motifs (C(OH)–C–C–N with tert-alkyl or cyclic N) is 1. The van der Waals surface area contributed by atoms with Crippen LogP contribution in [-0.2, 0) is 4.79 Å². The minimum Gasteiger partial charge on any atom is -0.491 e. The van der Waals surface area contributed by atoms with Crippen LogP contribution in [0.25, 0.3) is 0 Å². The van der Waals surface area contributed by atoms with E-state index in [0.717, 1.165) is 6.54 Å². The molecule has 0 spiro atoms. The van der Waals surface area contributed by atoms with Crippen molar-refractivity contribution in [1.82, 2.24) is 10.2 Å². The van der Waals surface area contributed by atoms with Crippen LogP contribution in [0.1, 0.15) is 0 Å². The van der Waals surface area contributed by atoms with Crippen molar-refractivity contribution in [3.63, 3.8) is 0 Å². The molecule has 0 unspecified atom stereocenters. The summed E-state index contributed by atoms with van der Waals surface area (Å²) >= 11 is 5.77. The third-order valence-corrected chi connectivity index (χ3v) is 3.09. The van der Waals surface area contributed by atoms with Gasteiger partial charge in [0.15, 0.2) is 0 Å². The van der Waals surface area contributed by atoms with Gasteiger partial charge in [-0.3, -0.25) is 9.69 Å². The molecule has 1 aromatic rings. The van der Waals surface area contributed by atoms with E-state index in [1.54, 1.807) is 24.3 Å². The monoisotopic (exact) mass is 284 g/mol. The second-order valence-corrected chi connectivity index (χ2v) is 4.94. The standard InChI is InChI=1S/C13H17ClN2O3/c14-10-1-3-12(4-2-10)19-9-11(17)7-16-6-5-15-13(18)8-16/h1-4,11,17H,5-9H2,(H,15,18)/t11-/m0/s1. The maximum absolute atomic E-state index is 11.2. The van der Waals surface area contributed by atoms with Crippen molar-refractivity contribution >= 4 is 17.5 Å². The first kappa shape index (κ1) is 14.1. The summed E-state index contributed by atoms with van der Waals surface area (Å²) in [5.74, 6) is 0.664. The predicted octanol–water partition coefficient (Wildman–Crippen LogP) is 0.511. The smallest absolute Gasteiger partial charge is 0.234 e. The quantitative estimate of drug-likeness (QED) is 0.827. The summed E-state index contributed by atoms with van der Waals surface area (Å²) in [4.78, 5) is 13.1. The van der Waals surface area contributed by atoms with Crippen LogP contribution < -0.4 is 10.1 Å². The lowest BCUT2D eigenvalue weighted by molar-refractivity contribution is -0.124.